The molecule has 27 heavy (non-hydrogen) atoms. The van der Waals surface area contributed by atoms with Crippen LogP contribution in [-0.4, -0.2) is 22.5 Å². The van der Waals surface area contributed by atoms with Gasteiger partial charge in [-0.2, -0.15) is 0 Å². The first-order valence-electron chi connectivity index (χ1n) is 8.89. The smallest absolute Gasteiger partial charge is 0.324 e. The SMILES string of the molecule is Cc1ccccc1Nc1nc([C@@]2(C)C[C@@]3(CC(C)(C)OC3=O)C(=O)O2)cs1. The average Bonchev–Trinajstić information content (AvgIpc) is 3.19. The molecular formula is C20H22N2O4S. The van der Waals surface area contributed by atoms with Crippen molar-refractivity contribution in [2.75, 3.05) is 5.32 Å². The van der Waals surface area contributed by atoms with E-state index in [-0.39, 0.29) is 6.42 Å². The molecule has 1 N–H and O–H groups in total. The summed E-state index contributed by atoms with van der Waals surface area (Å²) >= 11 is 1.44. The van der Waals surface area contributed by atoms with Crippen LogP contribution in [0.3, 0.4) is 0 Å². The maximum absolute atomic E-state index is 12.7. The third kappa shape index (κ3) is 2.90. The number of carbonyl (C=O) groups excluding carboxylic acids is 2. The first-order valence-corrected chi connectivity index (χ1v) is 9.77. The van der Waals surface area contributed by atoms with E-state index in [0.29, 0.717) is 17.2 Å². The molecule has 2 fully saturated rings. The molecule has 142 valence electrons. The van der Waals surface area contributed by atoms with Gasteiger partial charge >= 0.3 is 11.9 Å². The lowest BCUT2D eigenvalue weighted by Gasteiger charge is -2.21. The van der Waals surface area contributed by atoms with Crippen molar-refractivity contribution in [1.82, 2.24) is 4.98 Å². The minimum Gasteiger partial charge on any atom is -0.459 e. The number of ether oxygens (including phenoxy) is 2. The van der Waals surface area contributed by atoms with Crippen LogP contribution in [0.1, 0.15) is 44.9 Å². The Hall–Kier alpha value is -2.41. The molecule has 2 aliphatic heterocycles. The monoisotopic (exact) mass is 386 g/mol. The van der Waals surface area contributed by atoms with Gasteiger partial charge in [-0.15, -0.1) is 11.3 Å². The second-order valence-electron chi connectivity index (χ2n) is 8.18. The molecule has 1 aromatic heterocycles. The average molecular weight is 386 g/mol. The number of aryl methyl sites for hydroxylation is 1. The number of rotatable bonds is 3. The Bertz CT molecular complexity index is 938. The Morgan fingerprint density at radius 2 is 1.78 bits per heavy atom. The van der Waals surface area contributed by atoms with Gasteiger partial charge in [0, 0.05) is 23.9 Å². The van der Waals surface area contributed by atoms with Crippen LogP contribution < -0.4 is 5.32 Å². The summed E-state index contributed by atoms with van der Waals surface area (Å²) < 4.78 is 11.1. The summed E-state index contributed by atoms with van der Waals surface area (Å²) in [5.74, 6) is -1.00. The standard InChI is InChI=1S/C20H22N2O4S/c1-12-7-5-6-8-13(12)21-17-22-14(9-27-17)19(4)11-20(16(24)26-19)10-18(2,3)25-15(20)23/h5-9H,10-11H2,1-4H3,(H,21,22)/t19-,20-/m1/s1. The number of esters is 2. The summed E-state index contributed by atoms with van der Waals surface area (Å²) in [4.78, 5) is 29.8. The zero-order valence-corrected chi connectivity index (χ0v) is 16.6. The third-order valence-corrected chi connectivity index (χ3v) is 6.03. The van der Waals surface area contributed by atoms with E-state index in [9.17, 15) is 9.59 Å². The molecule has 0 bridgehead atoms. The van der Waals surface area contributed by atoms with E-state index in [2.05, 4.69) is 10.3 Å². The highest BCUT2D eigenvalue weighted by Gasteiger charge is 2.67. The first kappa shape index (κ1) is 18.0. The number of thiazole rings is 1. The molecule has 0 amide bonds. The summed E-state index contributed by atoms with van der Waals surface area (Å²) in [7, 11) is 0. The number of hydrogen-bond acceptors (Lipinski definition) is 7. The summed E-state index contributed by atoms with van der Waals surface area (Å²) in [5.41, 5.74) is -0.107. The van der Waals surface area contributed by atoms with Gasteiger partial charge < -0.3 is 14.8 Å². The van der Waals surface area contributed by atoms with Crippen LogP contribution >= 0.6 is 11.3 Å². The highest BCUT2D eigenvalue weighted by atomic mass is 32.1. The molecule has 0 saturated carbocycles. The summed E-state index contributed by atoms with van der Waals surface area (Å²) in [6, 6.07) is 7.95. The van der Waals surface area contributed by atoms with Gasteiger partial charge in [0.15, 0.2) is 16.1 Å². The fourth-order valence-corrected chi connectivity index (χ4v) is 4.85. The van der Waals surface area contributed by atoms with Crippen molar-refractivity contribution in [1.29, 1.82) is 0 Å². The van der Waals surface area contributed by atoms with E-state index in [1.165, 1.54) is 11.3 Å². The predicted octanol–water partition coefficient (Wildman–Crippen LogP) is 4.07. The Morgan fingerprint density at radius 1 is 1.07 bits per heavy atom. The molecular weight excluding hydrogens is 364 g/mol. The van der Waals surface area contributed by atoms with E-state index < -0.39 is 28.6 Å². The number of nitrogens with zero attached hydrogens (tertiary/aromatic N) is 1. The van der Waals surface area contributed by atoms with Gasteiger partial charge in [0.25, 0.3) is 0 Å². The van der Waals surface area contributed by atoms with Gasteiger partial charge in [0.1, 0.15) is 5.60 Å². The molecule has 2 saturated heterocycles. The summed E-state index contributed by atoms with van der Waals surface area (Å²) in [5, 5.41) is 5.89. The topological polar surface area (TPSA) is 77.5 Å². The zero-order chi connectivity index (χ0) is 19.4. The number of hydrogen-bond donors (Lipinski definition) is 1. The van der Waals surface area contributed by atoms with Gasteiger partial charge in [0.05, 0.1) is 5.69 Å². The number of carbonyl (C=O) groups is 2. The number of aromatic nitrogens is 1. The van der Waals surface area contributed by atoms with Gasteiger partial charge in [-0.3, -0.25) is 9.59 Å². The summed E-state index contributed by atoms with van der Waals surface area (Å²) in [6.07, 6.45) is 0.570. The van der Waals surface area contributed by atoms with Gasteiger partial charge in [-0.05, 0) is 39.3 Å². The lowest BCUT2D eigenvalue weighted by Crippen LogP contribution is -2.32. The van der Waals surface area contributed by atoms with Crippen molar-refractivity contribution in [3.63, 3.8) is 0 Å². The second-order valence-corrected chi connectivity index (χ2v) is 9.04. The summed E-state index contributed by atoms with van der Waals surface area (Å²) in [6.45, 7) is 7.46. The molecule has 0 radical (unpaired) electrons. The molecule has 2 aliphatic rings. The maximum Gasteiger partial charge on any atom is 0.324 e. The molecule has 7 heteroatoms. The fourth-order valence-electron chi connectivity index (χ4n) is 4.01. The van der Waals surface area contributed by atoms with E-state index >= 15 is 0 Å². The Kier molecular flexibility index (Phi) is 3.86. The molecule has 0 aliphatic carbocycles. The number of cyclic esters (lactones) is 2. The number of anilines is 2. The Morgan fingerprint density at radius 3 is 2.44 bits per heavy atom. The van der Waals surface area contributed by atoms with Crippen molar-refractivity contribution >= 4 is 34.1 Å². The van der Waals surface area contributed by atoms with Crippen LogP contribution in [0.5, 0.6) is 0 Å². The molecule has 6 nitrogen and oxygen atoms in total. The van der Waals surface area contributed by atoms with Crippen LogP contribution in [-0.2, 0) is 24.7 Å². The molecule has 1 aromatic carbocycles. The largest absolute Gasteiger partial charge is 0.459 e. The van der Waals surface area contributed by atoms with E-state index in [4.69, 9.17) is 9.47 Å². The molecule has 0 unspecified atom stereocenters. The van der Waals surface area contributed by atoms with Crippen LogP contribution in [0.15, 0.2) is 29.6 Å². The van der Waals surface area contributed by atoms with Crippen molar-refractivity contribution in [2.24, 2.45) is 5.41 Å². The number of para-hydroxylation sites is 1. The number of nitrogens with one attached hydrogen (secondary N) is 1. The van der Waals surface area contributed by atoms with E-state index in [1.807, 2.05) is 57.3 Å². The van der Waals surface area contributed by atoms with Crippen LogP contribution in [0, 0.1) is 12.3 Å². The van der Waals surface area contributed by atoms with Crippen LogP contribution in [0.25, 0.3) is 0 Å². The van der Waals surface area contributed by atoms with Gasteiger partial charge in [-0.1, -0.05) is 18.2 Å². The maximum atomic E-state index is 12.7. The normalized spacial score (nSPS) is 29.0. The fraction of sp³-hybridized carbons (Fsp3) is 0.450. The Balaban J connectivity index is 1.60. The minimum atomic E-state index is -1.23. The predicted molar refractivity (Wildman–Crippen MR) is 102 cm³/mol. The number of benzene rings is 1. The minimum absolute atomic E-state index is 0.245. The quantitative estimate of drug-likeness (QED) is 0.633. The van der Waals surface area contributed by atoms with Crippen molar-refractivity contribution in [2.45, 2.75) is 51.7 Å². The van der Waals surface area contributed by atoms with E-state index in [0.717, 1.165) is 11.3 Å². The highest BCUT2D eigenvalue weighted by molar-refractivity contribution is 7.13. The van der Waals surface area contributed by atoms with Crippen LogP contribution in [0.4, 0.5) is 10.8 Å². The van der Waals surface area contributed by atoms with Crippen molar-refractivity contribution in [3.05, 3.63) is 40.9 Å². The lowest BCUT2D eigenvalue weighted by molar-refractivity contribution is -0.161. The molecule has 2 atom stereocenters. The Labute approximate surface area is 161 Å². The highest BCUT2D eigenvalue weighted by Crippen LogP contribution is 2.54. The second kappa shape index (κ2) is 5.79. The van der Waals surface area contributed by atoms with Crippen LogP contribution in [0.2, 0.25) is 0 Å². The molecule has 4 rings (SSSR count). The van der Waals surface area contributed by atoms with Gasteiger partial charge in [0.2, 0.25) is 0 Å². The lowest BCUT2D eigenvalue weighted by atomic mass is 9.75. The molecule has 3 heterocycles. The first-order chi connectivity index (χ1) is 12.6. The third-order valence-electron chi connectivity index (χ3n) is 5.27. The molecule has 1 spiro atoms. The zero-order valence-electron chi connectivity index (χ0n) is 15.8. The van der Waals surface area contributed by atoms with Gasteiger partial charge in [-0.25, -0.2) is 4.98 Å². The molecule has 2 aromatic rings. The van der Waals surface area contributed by atoms with Crippen molar-refractivity contribution < 1.29 is 19.1 Å². The van der Waals surface area contributed by atoms with E-state index in [1.54, 1.807) is 0 Å². The van der Waals surface area contributed by atoms with Crippen molar-refractivity contribution in [3.8, 4) is 0 Å².